The summed E-state index contributed by atoms with van der Waals surface area (Å²) in [5.74, 6) is -0.828. The van der Waals surface area contributed by atoms with Gasteiger partial charge in [-0.05, 0) is 43.3 Å². The molecule has 2 aromatic carbocycles. The van der Waals surface area contributed by atoms with E-state index in [4.69, 9.17) is 11.6 Å². The summed E-state index contributed by atoms with van der Waals surface area (Å²) in [6, 6.07) is 11.8. The third-order valence-corrected chi connectivity index (χ3v) is 4.83. The van der Waals surface area contributed by atoms with Crippen LogP contribution < -0.4 is 5.32 Å². The fourth-order valence-electron chi connectivity index (χ4n) is 1.95. The Morgan fingerprint density at radius 3 is 2.57 bits per heavy atom. The maximum Gasteiger partial charge on any atom is 0.159 e. The van der Waals surface area contributed by atoms with Crippen LogP contribution in [0.5, 0.6) is 0 Å². The molecule has 21 heavy (non-hydrogen) atoms. The highest BCUT2D eigenvalue weighted by Crippen LogP contribution is 2.27. The average Bonchev–Trinajstić information content (AvgIpc) is 2.48. The van der Waals surface area contributed by atoms with Gasteiger partial charge in [-0.25, -0.2) is 8.78 Å². The molecule has 0 aliphatic rings. The van der Waals surface area contributed by atoms with Crippen molar-refractivity contribution in [1.82, 2.24) is 5.32 Å². The minimum absolute atomic E-state index is 0.149. The Labute approximate surface area is 132 Å². The summed E-state index contributed by atoms with van der Waals surface area (Å²) in [7, 11) is 1.86. The number of hydrogen-bond acceptors (Lipinski definition) is 2. The first-order chi connectivity index (χ1) is 10.1. The molecule has 5 heteroatoms. The van der Waals surface area contributed by atoms with E-state index in [1.165, 1.54) is 12.1 Å². The maximum absolute atomic E-state index is 13.2. The van der Waals surface area contributed by atoms with Gasteiger partial charge in [0.15, 0.2) is 11.6 Å². The van der Waals surface area contributed by atoms with E-state index >= 15 is 0 Å². The second kappa shape index (κ2) is 7.78. The largest absolute Gasteiger partial charge is 0.316 e. The zero-order chi connectivity index (χ0) is 15.2. The van der Waals surface area contributed by atoms with Gasteiger partial charge in [0.2, 0.25) is 0 Å². The lowest BCUT2D eigenvalue weighted by molar-refractivity contribution is 0.505. The molecule has 0 spiro atoms. The number of halogens is 3. The summed E-state index contributed by atoms with van der Waals surface area (Å²) >= 11 is 7.76. The number of likely N-dealkylation sites (N-methyl/N-ethyl adjacent to an activating group) is 1. The summed E-state index contributed by atoms with van der Waals surface area (Å²) in [6.45, 7) is 0. The molecule has 0 bridgehead atoms. The van der Waals surface area contributed by atoms with Crippen LogP contribution in [0.1, 0.15) is 5.56 Å². The predicted octanol–water partition coefficient (Wildman–Crippen LogP) is 4.54. The molecule has 1 atom stereocenters. The van der Waals surface area contributed by atoms with Gasteiger partial charge in [0.1, 0.15) is 0 Å². The zero-order valence-corrected chi connectivity index (χ0v) is 13.1. The minimum Gasteiger partial charge on any atom is -0.316 e. The highest BCUT2D eigenvalue weighted by molar-refractivity contribution is 7.99. The first-order valence-corrected chi connectivity index (χ1v) is 7.95. The second-order valence-corrected chi connectivity index (χ2v) is 6.15. The van der Waals surface area contributed by atoms with Crippen molar-refractivity contribution in [3.8, 4) is 0 Å². The first-order valence-electron chi connectivity index (χ1n) is 6.58. The van der Waals surface area contributed by atoms with Crippen molar-refractivity contribution in [2.45, 2.75) is 17.4 Å². The molecule has 2 rings (SSSR count). The number of hydrogen-bond donors (Lipinski definition) is 1. The van der Waals surface area contributed by atoms with Crippen LogP contribution in [0.4, 0.5) is 8.78 Å². The molecule has 1 unspecified atom stereocenters. The lowest BCUT2D eigenvalue weighted by Gasteiger charge is -2.16. The van der Waals surface area contributed by atoms with Crippen LogP contribution in [-0.4, -0.2) is 18.8 Å². The Morgan fingerprint density at radius 1 is 1.14 bits per heavy atom. The SMILES string of the molecule is CNC(CSc1ccccc1Cl)Cc1ccc(F)c(F)c1. The van der Waals surface area contributed by atoms with E-state index in [1.807, 2.05) is 31.3 Å². The van der Waals surface area contributed by atoms with Crippen LogP contribution >= 0.6 is 23.4 Å². The Balaban J connectivity index is 1.97. The van der Waals surface area contributed by atoms with Gasteiger partial charge in [-0.1, -0.05) is 29.8 Å². The molecule has 0 fully saturated rings. The fourth-order valence-corrected chi connectivity index (χ4v) is 3.29. The Bertz CT molecular complexity index is 607. The molecular weight excluding hydrogens is 312 g/mol. The molecule has 1 N–H and O–H groups in total. The van der Waals surface area contributed by atoms with Crippen molar-refractivity contribution < 1.29 is 8.78 Å². The predicted molar refractivity (Wildman–Crippen MR) is 85.1 cm³/mol. The van der Waals surface area contributed by atoms with Crippen molar-refractivity contribution >= 4 is 23.4 Å². The molecule has 0 aliphatic carbocycles. The van der Waals surface area contributed by atoms with E-state index in [-0.39, 0.29) is 6.04 Å². The quantitative estimate of drug-likeness (QED) is 0.782. The molecule has 1 nitrogen and oxygen atoms in total. The molecule has 0 saturated heterocycles. The van der Waals surface area contributed by atoms with Gasteiger partial charge in [0.25, 0.3) is 0 Å². The number of rotatable bonds is 6. The van der Waals surface area contributed by atoms with Crippen molar-refractivity contribution in [2.24, 2.45) is 0 Å². The Hall–Kier alpha value is -1.10. The number of nitrogens with one attached hydrogen (secondary N) is 1. The van der Waals surface area contributed by atoms with E-state index in [1.54, 1.807) is 17.8 Å². The first kappa shape index (κ1) is 16.3. The molecule has 0 heterocycles. The Morgan fingerprint density at radius 2 is 1.90 bits per heavy atom. The second-order valence-electron chi connectivity index (χ2n) is 4.68. The highest BCUT2D eigenvalue weighted by Gasteiger charge is 2.11. The van der Waals surface area contributed by atoms with Gasteiger partial charge in [-0.3, -0.25) is 0 Å². The van der Waals surface area contributed by atoms with Gasteiger partial charge < -0.3 is 5.32 Å². The molecule has 0 aliphatic heterocycles. The lowest BCUT2D eigenvalue weighted by Crippen LogP contribution is -2.30. The van der Waals surface area contributed by atoms with Crippen LogP contribution in [-0.2, 0) is 6.42 Å². The van der Waals surface area contributed by atoms with Crippen LogP contribution in [0.3, 0.4) is 0 Å². The molecule has 0 amide bonds. The summed E-state index contributed by atoms with van der Waals surface area (Å²) in [4.78, 5) is 1.02. The summed E-state index contributed by atoms with van der Waals surface area (Å²) in [5, 5.41) is 3.92. The normalized spacial score (nSPS) is 12.4. The van der Waals surface area contributed by atoms with E-state index in [0.29, 0.717) is 6.42 Å². The van der Waals surface area contributed by atoms with Gasteiger partial charge in [-0.2, -0.15) is 0 Å². The van der Waals surface area contributed by atoms with Crippen LogP contribution in [0.15, 0.2) is 47.4 Å². The summed E-state index contributed by atoms with van der Waals surface area (Å²) in [6.07, 6.45) is 0.630. The lowest BCUT2D eigenvalue weighted by atomic mass is 10.1. The van der Waals surface area contributed by atoms with Crippen molar-refractivity contribution in [3.05, 3.63) is 64.7 Å². The van der Waals surface area contributed by atoms with Crippen molar-refractivity contribution in [1.29, 1.82) is 0 Å². The molecule has 0 saturated carbocycles. The van der Waals surface area contributed by atoms with Crippen LogP contribution in [0, 0.1) is 11.6 Å². The number of benzene rings is 2. The average molecular weight is 328 g/mol. The Kier molecular flexibility index (Phi) is 6.03. The highest BCUT2D eigenvalue weighted by atomic mass is 35.5. The molecule has 2 aromatic rings. The van der Waals surface area contributed by atoms with Gasteiger partial charge in [0, 0.05) is 16.7 Å². The monoisotopic (exact) mass is 327 g/mol. The standard InChI is InChI=1S/C16H16ClF2NS/c1-20-12(8-11-6-7-14(18)15(19)9-11)10-21-16-5-3-2-4-13(16)17/h2-7,9,12,20H,8,10H2,1H3. The topological polar surface area (TPSA) is 12.0 Å². The third-order valence-electron chi connectivity index (χ3n) is 3.15. The van der Waals surface area contributed by atoms with E-state index in [0.717, 1.165) is 21.2 Å². The molecular formula is C16H16ClF2NS. The minimum atomic E-state index is -0.815. The molecule has 112 valence electrons. The van der Waals surface area contributed by atoms with Crippen molar-refractivity contribution in [3.63, 3.8) is 0 Å². The third kappa shape index (κ3) is 4.70. The zero-order valence-electron chi connectivity index (χ0n) is 11.6. The van der Waals surface area contributed by atoms with Gasteiger partial charge in [0.05, 0.1) is 5.02 Å². The van der Waals surface area contributed by atoms with Gasteiger partial charge >= 0.3 is 0 Å². The van der Waals surface area contributed by atoms with Crippen LogP contribution in [0.2, 0.25) is 5.02 Å². The van der Waals surface area contributed by atoms with Gasteiger partial charge in [-0.15, -0.1) is 11.8 Å². The maximum atomic E-state index is 13.2. The van der Waals surface area contributed by atoms with E-state index in [2.05, 4.69) is 5.32 Å². The van der Waals surface area contributed by atoms with E-state index < -0.39 is 11.6 Å². The summed E-state index contributed by atoms with van der Waals surface area (Å²) in [5.41, 5.74) is 0.771. The summed E-state index contributed by atoms with van der Waals surface area (Å²) < 4.78 is 26.1. The van der Waals surface area contributed by atoms with E-state index in [9.17, 15) is 8.78 Å². The molecule has 0 radical (unpaired) electrons. The smallest absolute Gasteiger partial charge is 0.159 e. The fraction of sp³-hybridized carbons (Fsp3) is 0.250. The molecule has 0 aromatic heterocycles. The van der Waals surface area contributed by atoms with Crippen LogP contribution in [0.25, 0.3) is 0 Å². The van der Waals surface area contributed by atoms with Crippen molar-refractivity contribution in [2.75, 3.05) is 12.8 Å². The number of thioether (sulfide) groups is 1.